The third-order valence-electron chi connectivity index (χ3n) is 3.90. The molecule has 7 nitrogen and oxygen atoms in total. The van der Waals surface area contributed by atoms with Crippen LogP contribution < -0.4 is 0 Å². The average molecular weight is 289 g/mol. The second-order valence-electron chi connectivity index (χ2n) is 5.68. The highest BCUT2D eigenvalue weighted by atomic mass is 16.6. The molecule has 3 heterocycles. The van der Waals surface area contributed by atoms with Crippen molar-refractivity contribution in [3.8, 4) is 0 Å². The summed E-state index contributed by atoms with van der Waals surface area (Å²) in [7, 11) is 1.91. The van der Waals surface area contributed by atoms with E-state index < -0.39 is 0 Å². The lowest BCUT2D eigenvalue weighted by Gasteiger charge is -2.32. The monoisotopic (exact) mass is 289 g/mol. The van der Waals surface area contributed by atoms with E-state index in [0.717, 1.165) is 36.8 Å². The first kappa shape index (κ1) is 13.8. The van der Waals surface area contributed by atoms with E-state index in [2.05, 4.69) is 14.8 Å². The second-order valence-corrected chi connectivity index (χ2v) is 5.68. The third-order valence-corrected chi connectivity index (χ3v) is 3.90. The highest BCUT2D eigenvalue weighted by Gasteiger charge is 2.38. The second kappa shape index (κ2) is 5.33. The van der Waals surface area contributed by atoms with Crippen molar-refractivity contribution >= 4 is 0 Å². The minimum absolute atomic E-state index is 0.246. The zero-order valence-corrected chi connectivity index (χ0v) is 12.3. The van der Waals surface area contributed by atoms with Gasteiger partial charge in [-0.3, -0.25) is 20.0 Å². The summed E-state index contributed by atoms with van der Waals surface area (Å²) in [6, 6.07) is 4.01. The van der Waals surface area contributed by atoms with Crippen molar-refractivity contribution in [2.75, 3.05) is 33.4 Å². The first-order chi connectivity index (χ1) is 10.0. The number of nitrogens with zero attached hydrogens (tertiary/aromatic N) is 5. The van der Waals surface area contributed by atoms with Gasteiger partial charge in [0.1, 0.15) is 0 Å². The molecule has 0 bridgehead atoms. The highest BCUT2D eigenvalue weighted by molar-refractivity contribution is 5.19. The van der Waals surface area contributed by atoms with Gasteiger partial charge in [0.15, 0.2) is 5.82 Å². The van der Waals surface area contributed by atoms with Gasteiger partial charge in [-0.05, 0) is 25.6 Å². The number of pyridine rings is 1. The van der Waals surface area contributed by atoms with Crippen LogP contribution in [0.2, 0.25) is 0 Å². The number of rotatable bonds is 3. The molecule has 0 amide bonds. The first-order valence-corrected chi connectivity index (χ1v) is 7.02. The molecule has 0 aliphatic carbocycles. The Labute approximate surface area is 123 Å². The van der Waals surface area contributed by atoms with Crippen molar-refractivity contribution in [1.82, 2.24) is 19.7 Å². The molecular weight excluding hydrogens is 270 g/mol. The van der Waals surface area contributed by atoms with Crippen LogP contribution in [0.15, 0.2) is 29.8 Å². The lowest BCUT2D eigenvalue weighted by molar-refractivity contribution is -0.433. The molecule has 0 N–H and O–H groups in total. The van der Waals surface area contributed by atoms with Gasteiger partial charge in [0.25, 0.3) is 5.70 Å². The minimum atomic E-state index is -0.246. The summed E-state index contributed by atoms with van der Waals surface area (Å²) in [5, 5.41) is 11.3. The van der Waals surface area contributed by atoms with Crippen LogP contribution in [-0.4, -0.2) is 58.0 Å². The van der Waals surface area contributed by atoms with Crippen LogP contribution in [0.3, 0.4) is 0 Å². The smallest absolute Gasteiger partial charge is 0.300 e. The molecule has 0 spiro atoms. The normalized spacial score (nSPS) is 19.1. The molecule has 0 radical (unpaired) electrons. The van der Waals surface area contributed by atoms with Crippen molar-refractivity contribution in [1.29, 1.82) is 0 Å². The quantitative estimate of drug-likeness (QED) is 0.607. The van der Waals surface area contributed by atoms with Gasteiger partial charge in [0, 0.05) is 31.5 Å². The summed E-state index contributed by atoms with van der Waals surface area (Å²) in [5.41, 5.74) is 2.35. The van der Waals surface area contributed by atoms with Crippen molar-refractivity contribution in [3.63, 3.8) is 0 Å². The highest BCUT2D eigenvalue weighted by Crippen LogP contribution is 2.28. The van der Waals surface area contributed by atoms with Crippen LogP contribution in [0.25, 0.3) is 0 Å². The Hall–Kier alpha value is -2.15. The third kappa shape index (κ3) is 2.69. The van der Waals surface area contributed by atoms with E-state index in [4.69, 9.17) is 0 Å². The van der Waals surface area contributed by atoms with E-state index in [0.29, 0.717) is 18.8 Å². The fourth-order valence-corrected chi connectivity index (χ4v) is 2.93. The molecule has 2 aliphatic heterocycles. The summed E-state index contributed by atoms with van der Waals surface area (Å²) in [6.45, 7) is 5.40. The molecule has 0 saturated carbocycles. The molecule has 3 rings (SSSR count). The number of nitro groups is 1. The number of hydrogen-bond donors (Lipinski definition) is 0. The maximum atomic E-state index is 11.3. The zero-order valence-electron chi connectivity index (χ0n) is 12.3. The van der Waals surface area contributed by atoms with Gasteiger partial charge in [0.2, 0.25) is 0 Å². The maximum absolute atomic E-state index is 11.3. The predicted molar refractivity (Wildman–Crippen MR) is 77.6 cm³/mol. The molecule has 1 aromatic heterocycles. The lowest BCUT2D eigenvalue weighted by atomic mass is 10.2. The zero-order chi connectivity index (χ0) is 15.0. The van der Waals surface area contributed by atoms with Gasteiger partial charge in [-0.15, -0.1) is 0 Å². The predicted octanol–water partition coefficient (Wildman–Crippen LogP) is 0.856. The van der Waals surface area contributed by atoms with Crippen LogP contribution in [-0.2, 0) is 6.54 Å². The summed E-state index contributed by atoms with van der Waals surface area (Å²) in [4.78, 5) is 21.5. The molecule has 0 unspecified atom stereocenters. The molecule has 1 fully saturated rings. The van der Waals surface area contributed by atoms with E-state index in [1.54, 1.807) is 0 Å². The number of aryl methyl sites for hydroxylation is 1. The van der Waals surface area contributed by atoms with E-state index >= 15 is 0 Å². The maximum Gasteiger partial charge on any atom is 0.300 e. The Balaban J connectivity index is 1.87. The van der Waals surface area contributed by atoms with Crippen LogP contribution in [0.1, 0.15) is 11.3 Å². The van der Waals surface area contributed by atoms with E-state index in [-0.39, 0.29) is 4.92 Å². The molecular formula is C14H19N5O2. The largest absolute Gasteiger partial charge is 0.347 e. The Morgan fingerprint density at radius 1 is 1.38 bits per heavy atom. The number of likely N-dealkylation sites (N-methyl/N-ethyl adjacent to an activating group) is 1. The molecule has 7 heteroatoms. The SMILES string of the molecule is Cc1ccc(CN2CCN3CN(C)CC([N+](=O)[O-])=C23)cn1. The Morgan fingerprint density at radius 2 is 2.19 bits per heavy atom. The summed E-state index contributed by atoms with van der Waals surface area (Å²) in [6.07, 6.45) is 1.85. The van der Waals surface area contributed by atoms with Crippen molar-refractivity contribution < 1.29 is 4.92 Å². The van der Waals surface area contributed by atoms with Crippen LogP contribution in [0.4, 0.5) is 0 Å². The van der Waals surface area contributed by atoms with Gasteiger partial charge in [-0.2, -0.15) is 0 Å². The fraction of sp³-hybridized carbons (Fsp3) is 0.500. The number of aromatic nitrogens is 1. The lowest BCUT2D eigenvalue weighted by Crippen LogP contribution is -2.43. The number of fused-ring (bicyclic) bond motifs is 1. The molecule has 1 aromatic rings. The Morgan fingerprint density at radius 3 is 2.86 bits per heavy atom. The van der Waals surface area contributed by atoms with E-state index in [1.165, 1.54) is 0 Å². The molecule has 2 aliphatic rings. The van der Waals surface area contributed by atoms with E-state index in [9.17, 15) is 10.1 Å². The topological polar surface area (TPSA) is 65.8 Å². The van der Waals surface area contributed by atoms with E-state index in [1.807, 2.05) is 37.2 Å². The van der Waals surface area contributed by atoms with Crippen molar-refractivity contribution in [3.05, 3.63) is 51.2 Å². The van der Waals surface area contributed by atoms with Gasteiger partial charge in [-0.25, -0.2) is 0 Å². The summed E-state index contributed by atoms with van der Waals surface area (Å²) in [5.74, 6) is 0.777. The van der Waals surface area contributed by atoms with Crippen LogP contribution in [0.5, 0.6) is 0 Å². The minimum Gasteiger partial charge on any atom is -0.347 e. The molecule has 0 aromatic carbocycles. The Kier molecular flexibility index (Phi) is 3.50. The van der Waals surface area contributed by atoms with Crippen LogP contribution >= 0.6 is 0 Å². The molecule has 0 atom stereocenters. The average Bonchev–Trinajstić information content (AvgIpc) is 2.83. The summed E-state index contributed by atoms with van der Waals surface area (Å²) >= 11 is 0. The van der Waals surface area contributed by atoms with Gasteiger partial charge < -0.3 is 9.80 Å². The van der Waals surface area contributed by atoms with Gasteiger partial charge >= 0.3 is 0 Å². The molecule has 1 saturated heterocycles. The first-order valence-electron chi connectivity index (χ1n) is 7.02. The molecule has 21 heavy (non-hydrogen) atoms. The van der Waals surface area contributed by atoms with Gasteiger partial charge in [-0.1, -0.05) is 6.07 Å². The van der Waals surface area contributed by atoms with Crippen molar-refractivity contribution in [2.24, 2.45) is 0 Å². The van der Waals surface area contributed by atoms with Crippen LogP contribution in [0, 0.1) is 17.0 Å². The standard InChI is InChI=1S/C14H19N5O2/c1-11-3-4-12(7-15-11)8-17-5-6-18-10-16(2)9-13(14(17)18)19(20)21/h3-4,7H,5-6,8-10H2,1-2H3. The summed E-state index contributed by atoms with van der Waals surface area (Å²) < 4.78 is 0. The fourth-order valence-electron chi connectivity index (χ4n) is 2.93. The van der Waals surface area contributed by atoms with Gasteiger partial charge in [0.05, 0.1) is 18.1 Å². The van der Waals surface area contributed by atoms with Crippen molar-refractivity contribution in [2.45, 2.75) is 13.5 Å². The Bertz CT molecular complexity index is 584. The number of hydrogen-bond acceptors (Lipinski definition) is 6. The molecule has 112 valence electrons.